The number of anilines is 1. The summed E-state index contributed by atoms with van der Waals surface area (Å²) >= 11 is 1.79. The lowest BCUT2D eigenvalue weighted by Gasteiger charge is -2.42. The van der Waals surface area contributed by atoms with E-state index in [1.165, 1.54) is 17.2 Å². The first-order valence-electron chi connectivity index (χ1n) is 10.00. The molecule has 4 rings (SSSR count). The van der Waals surface area contributed by atoms with Crippen LogP contribution in [0.5, 0.6) is 0 Å². The lowest BCUT2D eigenvalue weighted by atomic mass is 9.91. The Morgan fingerprint density at radius 3 is 2.79 bits per heavy atom. The van der Waals surface area contributed by atoms with Gasteiger partial charge in [0.1, 0.15) is 5.82 Å². The van der Waals surface area contributed by atoms with Crippen molar-refractivity contribution in [2.75, 3.05) is 24.5 Å². The molecule has 1 saturated heterocycles. The molecule has 3 aromatic rings. The van der Waals surface area contributed by atoms with Gasteiger partial charge in [-0.2, -0.15) is 0 Å². The van der Waals surface area contributed by atoms with Crippen LogP contribution in [-0.4, -0.2) is 36.5 Å². The third kappa shape index (κ3) is 4.43. The van der Waals surface area contributed by atoms with Crippen LogP contribution in [0, 0.1) is 11.7 Å². The number of carbonyl (C=O) groups excluding carboxylic acids is 1. The lowest BCUT2D eigenvalue weighted by Crippen LogP contribution is -2.53. The summed E-state index contributed by atoms with van der Waals surface area (Å²) < 4.78 is 20.0. The number of thiophene rings is 1. The van der Waals surface area contributed by atoms with Crippen LogP contribution >= 0.6 is 11.3 Å². The Labute approximate surface area is 174 Å². The summed E-state index contributed by atoms with van der Waals surface area (Å²) in [4.78, 5) is 18.7. The Hall–Kier alpha value is -2.44. The number of rotatable bonds is 6. The summed E-state index contributed by atoms with van der Waals surface area (Å²) in [5.74, 6) is -0.227. The molecule has 3 heterocycles. The second-order valence-corrected chi connectivity index (χ2v) is 8.60. The van der Waals surface area contributed by atoms with Crippen molar-refractivity contribution in [3.63, 3.8) is 0 Å². The zero-order valence-corrected chi connectivity index (χ0v) is 17.3. The first-order valence-corrected chi connectivity index (χ1v) is 10.9. The number of hydrogen-bond acceptors (Lipinski definition) is 4. The molecule has 0 spiro atoms. The molecule has 6 heteroatoms. The second-order valence-electron chi connectivity index (χ2n) is 7.57. The van der Waals surface area contributed by atoms with E-state index in [-0.39, 0.29) is 29.4 Å². The first kappa shape index (κ1) is 19.9. The quantitative estimate of drug-likeness (QED) is 0.567. The van der Waals surface area contributed by atoms with Crippen molar-refractivity contribution in [3.8, 4) is 0 Å². The van der Waals surface area contributed by atoms with Crippen molar-refractivity contribution in [1.82, 2.24) is 4.90 Å². The van der Waals surface area contributed by atoms with Crippen molar-refractivity contribution in [1.29, 1.82) is 0 Å². The maximum absolute atomic E-state index is 14.6. The number of para-hydroxylation sites is 1. The Kier molecular flexibility index (Phi) is 6.11. The minimum atomic E-state index is -0.389. The van der Waals surface area contributed by atoms with Crippen molar-refractivity contribution < 1.29 is 13.6 Å². The molecule has 152 valence electrons. The number of hydrogen-bond donors (Lipinski definition) is 0. The number of halogens is 1. The van der Waals surface area contributed by atoms with Crippen LogP contribution in [0.4, 0.5) is 10.1 Å². The van der Waals surface area contributed by atoms with E-state index >= 15 is 0 Å². The van der Waals surface area contributed by atoms with Gasteiger partial charge < -0.3 is 9.32 Å². The molecule has 0 saturated carbocycles. The SMILES string of the molecule is C[C@@H]1CN(CCc2cccs2)CC[C@@H]1N(C(=O)c1ccco1)c1ccccc1F. The van der Waals surface area contributed by atoms with E-state index < -0.39 is 0 Å². The molecule has 1 fully saturated rings. The molecule has 1 aromatic carbocycles. The van der Waals surface area contributed by atoms with E-state index in [1.807, 2.05) is 0 Å². The fourth-order valence-electron chi connectivity index (χ4n) is 4.13. The largest absolute Gasteiger partial charge is 0.459 e. The van der Waals surface area contributed by atoms with Gasteiger partial charge in [-0.15, -0.1) is 11.3 Å². The van der Waals surface area contributed by atoms with Crippen molar-refractivity contribution in [2.45, 2.75) is 25.8 Å². The minimum Gasteiger partial charge on any atom is -0.459 e. The van der Waals surface area contributed by atoms with Gasteiger partial charge in [-0.3, -0.25) is 9.69 Å². The van der Waals surface area contributed by atoms with Crippen molar-refractivity contribution in [2.24, 2.45) is 5.92 Å². The van der Waals surface area contributed by atoms with Gasteiger partial charge in [0.25, 0.3) is 5.91 Å². The summed E-state index contributed by atoms with van der Waals surface area (Å²) in [6, 6.07) is 14.0. The number of nitrogens with zero attached hydrogens (tertiary/aromatic N) is 2. The van der Waals surface area contributed by atoms with E-state index in [0.717, 1.165) is 32.5 Å². The average Bonchev–Trinajstić information content (AvgIpc) is 3.43. The number of furan rings is 1. The summed E-state index contributed by atoms with van der Waals surface area (Å²) in [6.07, 6.45) is 3.31. The van der Waals surface area contributed by atoms with Crippen LogP contribution in [-0.2, 0) is 6.42 Å². The summed E-state index contributed by atoms with van der Waals surface area (Å²) in [5.41, 5.74) is 0.317. The summed E-state index contributed by atoms with van der Waals surface area (Å²) in [5, 5.41) is 2.11. The van der Waals surface area contributed by atoms with Crippen LogP contribution in [0.15, 0.2) is 64.6 Å². The highest BCUT2D eigenvalue weighted by Gasteiger charge is 2.36. The van der Waals surface area contributed by atoms with Crippen LogP contribution in [0.3, 0.4) is 0 Å². The number of amides is 1. The zero-order valence-electron chi connectivity index (χ0n) is 16.5. The molecule has 0 aliphatic carbocycles. The van der Waals surface area contributed by atoms with Gasteiger partial charge in [0.15, 0.2) is 5.76 Å². The predicted octanol–water partition coefficient (Wildman–Crippen LogP) is 5.08. The molecule has 1 aliphatic rings. The molecule has 2 aromatic heterocycles. The molecule has 4 nitrogen and oxygen atoms in total. The minimum absolute atomic E-state index is 0.0810. The summed E-state index contributed by atoms with van der Waals surface area (Å²) in [7, 11) is 0. The highest BCUT2D eigenvalue weighted by atomic mass is 32.1. The fourth-order valence-corrected chi connectivity index (χ4v) is 4.83. The molecular formula is C23H25FN2O2S. The van der Waals surface area contributed by atoms with E-state index in [1.54, 1.807) is 46.6 Å². The van der Waals surface area contributed by atoms with E-state index in [0.29, 0.717) is 5.69 Å². The molecule has 29 heavy (non-hydrogen) atoms. The molecule has 0 unspecified atom stereocenters. The van der Waals surface area contributed by atoms with Gasteiger partial charge in [-0.05, 0) is 54.5 Å². The van der Waals surface area contributed by atoms with Crippen molar-refractivity contribution in [3.05, 3.63) is 76.6 Å². The van der Waals surface area contributed by atoms with Gasteiger partial charge in [0, 0.05) is 30.6 Å². The summed E-state index contributed by atoms with van der Waals surface area (Å²) in [6.45, 7) is 4.91. The van der Waals surface area contributed by atoms with Gasteiger partial charge >= 0.3 is 0 Å². The number of likely N-dealkylation sites (tertiary alicyclic amines) is 1. The monoisotopic (exact) mass is 412 g/mol. The Bertz CT molecular complexity index is 926. The first-order chi connectivity index (χ1) is 14.1. The molecule has 1 aliphatic heterocycles. The van der Waals surface area contributed by atoms with Crippen LogP contribution in [0.1, 0.15) is 28.8 Å². The van der Waals surface area contributed by atoms with Crippen LogP contribution in [0.2, 0.25) is 0 Å². The maximum atomic E-state index is 14.6. The Morgan fingerprint density at radius 2 is 2.10 bits per heavy atom. The van der Waals surface area contributed by atoms with E-state index in [2.05, 4.69) is 29.3 Å². The predicted molar refractivity (Wildman–Crippen MR) is 114 cm³/mol. The standard InChI is InChI=1S/C23H25FN2O2S/c1-17-16-25(12-10-18-6-5-15-29-18)13-11-20(17)26(21-8-3-2-7-19(21)24)23(27)22-9-4-14-28-22/h2-9,14-15,17,20H,10-13,16H2,1H3/t17-,20+/m1/s1. The second kappa shape index (κ2) is 8.93. The Balaban J connectivity index is 1.52. The number of piperidine rings is 1. The third-order valence-corrected chi connectivity index (χ3v) is 6.53. The van der Waals surface area contributed by atoms with E-state index in [9.17, 15) is 9.18 Å². The van der Waals surface area contributed by atoms with Gasteiger partial charge in [-0.1, -0.05) is 25.1 Å². The molecule has 2 atom stereocenters. The Morgan fingerprint density at radius 1 is 1.24 bits per heavy atom. The van der Waals surface area contributed by atoms with E-state index in [4.69, 9.17) is 4.42 Å². The van der Waals surface area contributed by atoms with Crippen molar-refractivity contribution >= 4 is 22.9 Å². The average molecular weight is 413 g/mol. The fraction of sp³-hybridized carbons (Fsp3) is 0.348. The topological polar surface area (TPSA) is 36.7 Å². The normalized spacial score (nSPS) is 19.9. The van der Waals surface area contributed by atoms with Crippen LogP contribution in [0.25, 0.3) is 0 Å². The van der Waals surface area contributed by atoms with Crippen LogP contribution < -0.4 is 4.90 Å². The maximum Gasteiger partial charge on any atom is 0.294 e. The molecular weight excluding hydrogens is 387 g/mol. The third-order valence-electron chi connectivity index (χ3n) is 5.59. The lowest BCUT2D eigenvalue weighted by molar-refractivity contribution is 0.0905. The molecule has 0 bridgehead atoms. The molecule has 0 radical (unpaired) electrons. The number of carbonyl (C=O) groups is 1. The van der Waals surface area contributed by atoms with Gasteiger partial charge in [0.2, 0.25) is 0 Å². The van der Waals surface area contributed by atoms with Gasteiger partial charge in [-0.25, -0.2) is 4.39 Å². The van der Waals surface area contributed by atoms with Gasteiger partial charge in [0.05, 0.1) is 12.0 Å². The zero-order chi connectivity index (χ0) is 20.2. The highest BCUT2D eigenvalue weighted by molar-refractivity contribution is 7.09. The smallest absolute Gasteiger partial charge is 0.294 e. The molecule has 1 amide bonds. The highest BCUT2D eigenvalue weighted by Crippen LogP contribution is 2.31. The molecule has 0 N–H and O–H groups in total. The number of benzene rings is 1.